The molecular weight excluding hydrogens is 342 g/mol. The molecule has 2 saturated heterocycles. The van der Waals surface area contributed by atoms with Gasteiger partial charge in [-0.25, -0.2) is 9.97 Å². The average Bonchev–Trinajstić information content (AvgIpc) is 3.11. The summed E-state index contributed by atoms with van der Waals surface area (Å²) in [5, 5.41) is 0. The van der Waals surface area contributed by atoms with Crippen LogP contribution in [0, 0.1) is 12.3 Å². The fourth-order valence-corrected chi connectivity index (χ4v) is 4.17. The van der Waals surface area contributed by atoms with E-state index in [1.807, 2.05) is 26.1 Å². The van der Waals surface area contributed by atoms with E-state index in [9.17, 15) is 9.59 Å². The second-order valence-corrected chi connectivity index (χ2v) is 7.52. The number of piperidine rings is 1. The topological polar surface area (TPSA) is 79.3 Å². The Bertz CT molecular complexity index is 885. The predicted octanol–water partition coefficient (Wildman–Crippen LogP) is 1.93. The second-order valence-electron chi connectivity index (χ2n) is 7.52. The Hall–Kier alpha value is -2.83. The zero-order valence-electron chi connectivity index (χ0n) is 15.7. The van der Waals surface area contributed by atoms with Crippen LogP contribution in [-0.4, -0.2) is 63.2 Å². The summed E-state index contributed by atoms with van der Waals surface area (Å²) in [6.45, 7) is 3.71. The van der Waals surface area contributed by atoms with Gasteiger partial charge in [-0.15, -0.1) is 0 Å². The number of hydrogen-bond acceptors (Lipinski definition) is 5. The maximum Gasteiger partial charge on any atom is 0.257 e. The van der Waals surface area contributed by atoms with Crippen molar-refractivity contribution in [1.82, 2.24) is 24.8 Å². The van der Waals surface area contributed by atoms with Crippen LogP contribution >= 0.6 is 0 Å². The first-order valence-corrected chi connectivity index (χ1v) is 9.29. The van der Waals surface area contributed by atoms with Crippen molar-refractivity contribution in [2.45, 2.75) is 26.2 Å². The van der Waals surface area contributed by atoms with Crippen molar-refractivity contribution < 1.29 is 9.59 Å². The number of pyridine rings is 1. The lowest BCUT2D eigenvalue weighted by molar-refractivity contribution is -0.143. The summed E-state index contributed by atoms with van der Waals surface area (Å²) in [5.74, 6) is 0.631. The van der Waals surface area contributed by atoms with Gasteiger partial charge in [0.2, 0.25) is 5.91 Å². The Balaban J connectivity index is 1.54. The van der Waals surface area contributed by atoms with Gasteiger partial charge in [0.15, 0.2) is 5.82 Å². The monoisotopic (exact) mass is 365 g/mol. The molecule has 7 nitrogen and oxygen atoms in total. The standard InChI is InChI=1S/C20H23N5O2/c1-14-16(12-22-17(23-14)15-5-3-8-21-11-15)18(26)25-10-7-20(13-25)6-4-9-24(2)19(20)27/h3,5,8,11-12H,4,6-7,9-10,13H2,1-2H3. The van der Waals surface area contributed by atoms with E-state index in [1.165, 1.54) is 0 Å². The molecule has 0 aromatic carbocycles. The Morgan fingerprint density at radius 3 is 2.81 bits per heavy atom. The van der Waals surface area contributed by atoms with E-state index >= 15 is 0 Å². The van der Waals surface area contributed by atoms with Crippen molar-refractivity contribution in [2.24, 2.45) is 5.41 Å². The largest absolute Gasteiger partial charge is 0.345 e. The van der Waals surface area contributed by atoms with Crippen molar-refractivity contribution in [3.8, 4) is 11.4 Å². The Labute approximate surface area is 158 Å². The third-order valence-corrected chi connectivity index (χ3v) is 5.72. The Morgan fingerprint density at radius 1 is 1.22 bits per heavy atom. The maximum absolute atomic E-state index is 13.0. The van der Waals surface area contributed by atoms with Crippen molar-refractivity contribution in [2.75, 3.05) is 26.7 Å². The molecule has 2 aliphatic rings. The molecule has 7 heteroatoms. The zero-order valence-corrected chi connectivity index (χ0v) is 15.7. The van der Waals surface area contributed by atoms with E-state index in [0.29, 0.717) is 30.2 Å². The van der Waals surface area contributed by atoms with Gasteiger partial charge in [0.05, 0.1) is 16.7 Å². The third kappa shape index (κ3) is 3.07. The number of aromatic nitrogens is 3. The van der Waals surface area contributed by atoms with Gasteiger partial charge in [0.1, 0.15) is 0 Å². The minimum Gasteiger partial charge on any atom is -0.345 e. The predicted molar refractivity (Wildman–Crippen MR) is 99.8 cm³/mol. The zero-order chi connectivity index (χ0) is 19.0. The van der Waals surface area contributed by atoms with Crippen LogP contribution in [0.1, 0.15) is 35.3 Å². The molecule has 2 fully saturated rings. The van der Waals surface area contributed by atoms with Gasteiger partial charge >= 0.3 is 0 Å². The van der Waals surface area contributed by atoms with Crippen LogP contribution in [0.15, 0.2) is 30.7 Å². The number of rotatable bonds is 2. The van der Waals surface area contributed by atoms with Gasteiger partial charge in [0.25, 0.3) is 5.91 Å². The van der Waals surface area contributed by atoms with Crippen LogP contribution in [0.25, 0.3) is 11.4 Å². The van der Waals surface area contributed by atoms with Gasteiger partial charge in [-0.2, -0.15) is 0 Å². The van der Waals surface area contributed by atoms with Crippen LogP contribution in [0.4, 0.5) is 0 Å². The quantitative estimate of drug-likeness (QED) is 0.812. The lowest BCUT2D eigenvalue weighted by Gasteiger charge is -2.37. The molecule has 0 saturated carbocycles. The number of hydrogen-bond donors (Lipinski definition) is 0. The number of carbonyl (C=O) groups is 2. The molecular formula is C20H23N5O2. The summed E-state index contributed by atoms with van der Waals surface area (Å²) >= 11 is 0. The molecule has 140 valence electrons. The van der Waals surface area contributed by atoms with E-state index in [2.05, 4.69) is 15.0 Å². The minimum absolute atomic E-state index is 0.0943. The smallest absolute Gasteiger partial charge is 0.257 e. The summed E-state index contributed by atoms with van der Waals surface area (Å²) in [4.78, 5) is 42.2. The lowest BCUT2D eigenvalue weighted by atomic mass is 9.78. The molecule has 4 rings (SSSR count). The van der Waals surface area contributed by atoms with Crippen molar-refractivity contribution in [3.63, 3.8) is 0 Å². The molecule has 1 spiro atoms. The summed E-state index contributed by atoms with van der Waals surface area (Å²) in [7, 11) is 1.85. The summed E-state index contributed by atoms with van der Waals surface area (Å²) < 4.78 is 0. The molecule has 0 bridgehead atoms. The third-order valence-electron chi connectivity index (χ3n) is 5.72. The first-order chi connectivity index (χ1) is 13.0. The van der Waals surface area contributed by atoms with E-state index in [0.717, 1.165) is 31.4 Å². The van der Waals surface area contributed by atoms with Crippen molar-refractivity contribution in [3.05, 3.63) is 42.0 Å². The second kappa shape index (κ2) is 6.72. The van der Waals surface area contributed by atoms with Crippen LogP contribution in [0.3, 0.4) is 0 Å². The lowest BCUT2D eigenvalue weighted by Crippen LogP contribution is -2.48. The highest BCUT2D eigenvalue weighted by atomic mass is 16.2. The molecule has 1 unspecified atom stereocenters. The van der Waals surface area contributed by atoms with Crippen LogP contribution in [0.5, 0.6) is 0 Å². The first-order valence-electron chi connectivity index (χ1n) is 9.29. The molecule has 2 aromatic rings. The summed E-state index contributed by atoms with van der Waals surface area (Å²) in [6, 6.07) is 3.72. The van der Waals surface area contributed by atoms with Gasteiger partial charge in [-0.1, -0.05) is 0 Å². The van der Waals surface area contributed by atoms with Crippen LogP contribution in [0.2, 0.25) is 0 Å². The molecule has 4 heterocycles. The number of amides is 2. The van der Waals surface area contributed by atoms with E-state index in [1.54, 1.807) is 28.4 Å². The number of nitrogens with zero attached hydrogens (tertiary/aromatic N) is 5. The molecule has 27 heavy (non-hydrogen) atoms. The highest BCUT2D eigenvalue weighted by molar-refractivity contribution is 5.96. The van der Waals surface area contributed by atoms with Gasteiger partial charge in [0, 0.05) is 50.8 Å². The van der Waals surface area contributed by atoms with Gasteiger partial charge in [-0.3, -0.25) is 14.6 Å². The minimum atomic E-state index is -0.410. The Morgan fingerprint density at radius 2 is 2.07 bits per heavy atom. The average molecular weight is 365 g/mol. The van der Waals surface area contributed by atoms with Gasteiger partial charge < -0.3 is 9.80 Å². The highest BCUT2D eigenvalue weighted by Gasteiger charge is 2.48. The highest BCUT2D eigenvalue weighted by Crippen LogP contribution is 2.40. The normalized spacial score (nSPS) is 22.5. The Kier molecular flexibility index (Phi) is 4.37. The SMILES string of the molecule is Cc1nc(-c2cccnc2)ncc1C(=O)N1CCC2(CCCN(C)C2=O)C1. The van der Waals surface area contributed by atoms with Crippen LogP contribution < -0.4 is 0 Å². The fourth-order valence-electron chi connectivity index (χ4n) is 4.17. The molecule has 2 amide bonds. The summed E-state index contributed by atoms with van der Waals surface area (Å²) in [5.41, 5.74) is 1.54. The first kappa shape index (κ1) is 17.6. The van der Waals surface area contributed by atoms with E-state index in [-0.39, 0.29) is 11.8 Å². The van der Waals surface area contributed by atoms with Crippen molar-refractivity contribution >= 4 is 11.8 Å². The maximum atomic E-state index is 13.0. The number of likely N-dealkylation sites (tertiary alicyclic amines) is 2. The number of carbonyl (C=O) groups excluding carboxylic acids is 2. The van der Waals surface area contributed by atoms with Crippen LogP contribution in [-0.2, 0) is 4.79 Å². The summed E-state index contributed by atoms with van der Waals surface area (Å²) in [6.07, 6.45) is 7.57. The van der Waals surface area contributed by atoms with Gasteiger partial charge in [-0.05, 0) is 38.3 Å². The van der Waals surface area contributed by atoms with E-state index in [4.69, 9.17) is 0 Å². The molecule has 0 aliphatic carbocycles. The molecule has 0 N–H and O–H groups in total. The molecule has 2 aliphatic heterocycles. The number of aryl methyl sites for hydroxylation is 1. The fraction of sp³-hybridized carbons (Fsp3) is 0.450. The van der Waals surface area contributed by atoms with E-state index < -0.39 is 5.41 Å². The molecule has 1 atom stereocenters. The molecule has 0 radical (unpaired) electrons. The molecule has 2 aromatic heterocycles. The van der Waals surface area contributed by atoms with Crippen molar-refractivity contribution in [1.29, 1.82) is 0 Å².